The number of nitrogens with one attached hydrogen (secondary N) is 1. The summed E-state index contributed by atoms with van der Waals surface area (Å²) in [7, 11) is 0. The van der Waals surface area contributed by atoms with Crippen molar-refractivity contribution in [2.75, 3.05) is 17.6 Å². The molecule has 0 aliphatic carbocycles. The van der Waals surface area contributed by atoms with Gasteiger partial charge in [0.15, 0.2) is 5.17 Å². The van der Waals surface area contributed by atoms with E-state index in [-0.39, 0.29) is 11.1 Å². The third-order valence-electron chi connectivity index (χ3n) is 4.06. The second-order valence-corrected chi connectivity index (χ2v) is 6.29. The molecule has 1 heterocycles. The largest absolute Gasteiger partial charge is 0.333 e. The van der Waals surface area contributed by atoms with Gasteiger partial charge in [-0.2, -0.15) is 0 Å². The molecule has 1 aliphatic heterocycles. The molecule has 5 heteroatoms. The summed E-state index contributed by atoms with van der Waals surface area (Å²) in [4.78, 5) is 4.49. The summed E-state index contributed by atoms with van der Waals surface area (Å²) in [5, 5.41) is 3.57. The number of rotatable bonds is 3. The van der Waals surface area contributed by atoms with Crippen LogP contribution in [0.15, 0.2) is 17.1 Å². The number of thioether (sulfide) groups is 1. The lowest BCUT2D eigenvalue weighted by Gasteiger charge is -2.33. The molecular formula is C15H20F2N2S. The fourth-order valence-electron chi connectivity index (χ4n) is 2.16. The van der Waals surface area contributed by atoms with E-state index in [2.05, 4.69) is 24.2 Å². The molecule has 0 fully saturated rings. The summed E-state index contributed by atoms with van der Waals surface area (Å²) >= 11 is 1.58. The average molecular weight is 298 g/mol. The quantitative estimate of drug-likeness (QED) is 0.882. The third-order valence-corrected chi connectivity index (χ3v) is 5.32. The minimum Gasteiger partial charge on any atom is -0.333 e. The highest BCUT2D eigenvalue weighted by atomic mass is 32.2. The van der Waals surface area contributed by atoms with E-state index in [0.29, 0.717) is 10.7 Å². The lowest BCUT2D eigenvalue weighted by molar-refractivity contribution is 0.318. The van der Waals surface area contributed by atoms with Crippen LogP contribution in [0.25, 0.3) is 0 Å². The monoisotopic (exact) mass is 298 g/mol. The summed E-state index contributed by atoms with van der Waals surface area (Å²) in [6, 6.07) is 2.39. The van der Waals surface area contributed by atoms with Crippen LogP contribution in [0.4, 0.5) is 14.5 Å². The van der Waals surface area contributed by atoms with Gasteiger partial charge in [-0.05, 0) is 36.8 Å². The zero-order chi connectivity index (χ0) is 14.8. The van der Waals surface area contributed by atoms with E-state index in [1.54, 1.807) is 18.7 Å². The Bertz CT molecular complexity index is 525. The number of nitrogens with zero attached hydrogens (tertiary/aromatic N) is 1. The maximum absolute atomic E-state index is 13.8. The summed E-state index contributed by atoms with van der Waals surface area (Å²) in [6.07, 6.45) is 2.17. The van der Waals surface area contributed by atoms with Crippen molar-refractivity contribution >= 4 is 22.6 Å². The number of anilines is 1. The van der Waals surface area contributed by atoms with E-state index in [4.69, 9.17) is 0 Å². The fraction of sp³-hybridized carbons (Fsp3) is 0.533. The smallest absolute Gasteiger partial charge is 0.161 e. The summed E-state index contributed by atoms with van der Waals surface area (Å²) in [6.45, 7) is 6.64. The molecule has 0 saturated heterocycles. The zero-order valence-electron chi connectivity index (χ0n) is 12.1. The zero-order valence-corrected chi connectivity index (χ0v) is 12.9. The van der Waals surface area contributed by atoms with E-state index < -0.39 is 11.6 Å². The van der Waals surface area contributed by atoms with Gasteiger partial charge in [0.05, 0.1) is 5.69 Å². The lowest BCUT2D eigenvalue weighted by Crippen LogP contribution is -2.32. The van der Waals surface area contributed by atoms with Crippen molar-refractivity contribution in [2.24, 2.45) is 10.4 Å². The molecule has 1 N–H and O–H groups in total. The Kier molecular flexibility index (Phi) is 4.68. The number of aliphatic imine (C=N–C) groups is 1. The van der Waals surface area contributed by atoms with Crippen molar-refractivity contribution in [1.29, 1.82) is 0 Å². The predicted octanol–water partition coefficient (Wildman–Crippen LogP) is 4.59. The fourth-order valence-corrected chi connectivity index (χ4v) is 3.44. The second-order valence-electron chi connectivity index (χ2n) is 5.32. The Morgan fingerprint density at radius 2 is 1.95 bits per heavy atom. The first-order valence-electron chi connectivity index (χ1n) is 6.89. The van der Waals surface area contributed by atoms with Gasteiger partial charge in [0.25, 0.3) is 0 Å². The standard InChI is InChI=1S/C15H20F2N2S/c1-4-15(5-2)8-18-14(20-9-15)19-13-7-11(16)10(3)6-12(13)17/h6-7H,4-5,8-9H2,1-3H3,(H,18,19). The third kappa shape index (κ3) is 3.14. The molecule has 0 saturated carbocycles. The van der Waals surface area contributed by atoms with Gasteiger partial charge in [-0.1, -0.05) is 25.6 Å². The Labute approximate surface area is 123 Å². The first-order valence-corrected chi connectivity index (χ1v) is 7.88. The molecule has 0 spiro atoms. The Balaban J connectivity index is 2.13. The molecule has 0 atom stereocenters. The number of halogens is 2. The maximum atomic E-state index is 13.8. The Morgan fingerprint density at radius 1 is 1.25 bits per heavy atom. The molecule has 2 nitrogen and oxygen atoms in total. The minimum absolute atomic E-state index is 0.153. The first-order chi connectivity index (χ1) is 9.49. The number of aryl methyl sites for hydroxylation is 1. The van der Waals surface area contributed by atoms with E-state index in [1.807, 2.05) is 0 Å². The molecule has 1 aromatic rings. The van der Waals surface area contributed by atoms with Gasteiger partial charge in [0, 0.05) is 18.4 Å². The van der Waals surface area contributed by atoms with Crippen LogP contribution in [0.3, 0.4) is 0 Å². The van der Waals surface area contributed by atoms with Crippen LogP contribution in [-0.2, 0) is 0 Å². The van der Waals surface area contributed by atoms with Gasteiger partial charge in [0.1, 0.15) is 11.6 Å². The lowest BCUT2D eigenvalue weighted by atomic mass is 9.84. The average Bonchev–Trinajstić information content (AvgIpc) is 2.46. The Morgan fingerprint density at radius 3 is 2.50 bits per heavy atom. The second kappa shape index (κ2) is 6.12. The van der Waals surface area contributed by atoms with Crippen LogP contribution >= 0.6 is 11.8 Å². The van der Waals surface area contributed by atoms with Gasteiger partial charge in [-0.3, -0.25) is 4.99 Å². The van der Waals surface area contributed by atoms with Crippen molar-refractivity contribution in [2.45, 2.75) is 33.6 Å². The van der Waals surface area contributed by atoms with Crippen molar-refractivity contribution in [1.82, 2.24) is 0 Å². The van der Waals surface area contributed by atoms with Crippen LogP contribution in [0.2, 0.25) is 0 Å². The summed E-state index contributed by atoms with van der Waals surface area (Å²) < 4.78 is 27.3. The van der Waals surface area contributed by atoms with E-state index in [0.717, 1.165) is 25.1 Å². The highest BCUT2D eigenvalue weighted by Gasteiger charge is 2.30. The summed E-state index contributed by atoms with van der Waals surface area (Å²) in [5.74, 6) is 0.101. The highest BCUT2D eigenvalue weighted by Crippen LogP contribution is 2.35. The van der Waals surface area contributed by atoms with Crippen molar-refractivity contribution in [3.05, 3.63) is 29.3 Å². The maximum Gasteiger partial charge on any atom is 0.161 e. The predicted molar refractivity (Wildman–Crippen MR) is 82.5 cm³/mol. The number of hydrogen-bond donors (Lipinski definition) is 1. The van der Waals surface area contributed by atoms with E-state index >= 15 is 0 Å². The number of amidine groups is 1. The van der Waals surface area contributed by atoms with Crippen molar-refractivity contribution in [3.63, 3.8) is 0 Å². The van der Waals surface area contributed by atoms with Crippen molar-refractivity contribution < 1.29 is 8.78 Å². The summed E-state index contributed by atoms with van der Waals surface area (Å²) in [5.41, 5.74) is 0.703. The molecular weight excluding hydrogens is 278 g/mol. The van der Waals surface area contributed by atoms with E-state index in [9.17, 15) is 8.78 Å². The molecule has 110 valence electrons. The molecule has 0 amide bonds. The van der Waals surface area contributed by atoms with Crippen LogP contribution in [0.1, 0.15) is 32.3 Å². The molecule has 1 aliphatic rings. The molecule has 1 aromatic carbocycles. The van der Waals surface area contributed by atoms with Gasteiger partial charge < -0.3 is 5.32 Å². The number of benzene rings is 1. The van der Waals surface area contributed by atoms with E-state index in [1.165, 1.54) is 12.1 Å². The van der Waals surface area contributed by atoms with Crippen LogP contribution in [-0.4, -0.2) is 17.5 Å². The molecule has 0 radical (unpaired) electrons. The normalized spacial score (nSPS) is 17.8. The van der Waals surface area contributed by atoms with Crippen molar-refractivity contribution in [3.8, 4) is 0 Å². The van der Waals surface area contributed by atoms with Gasteiger partial charge >= 0.3 is 0 Å². The topological polar surface area (TPSA) is 24.4 Å². The molecule has 0 unspecified atom stereocenters. The van der Waals surface area contributed by atoms with Gasteiger partial charge in [-0.25, -0.2) is 8.78 Å². The van der Waals surface area contributed by atoms with Crippen LogP contribution in [0.5, 0.6) is 0 Å². The van der Waals surface area contributed by atoms with Crippen LogP contribution in [0, 0.1) is 24.0 Å². The Hall–Kier alpha value is -1.10. The molecule has 0 aromatic heterocycles. The van der Waals surface area contributed by atoms with Crippen LogP contribution < -0.4 is 5.32 Å². The molecule has 20 heavy (non-hydrogen) atoms. The highest BCUT2D eigenvalue weighted by molar-refractivity contribution is 8.14. The van der Waals surface area contributed by atoms with Gasteiger partial charge in [-0.15, -0.1) is 0 Å². The first kappa shape index (κ1) is 15.3. The molecule has 0 bridgehead atoms. The minimum atomic E-state index is -0.449. The van der Waals surface area contributed by atoms with Gasteiger partial charge in [0.2, 0.25) is 0 Å². The number of hydrogen-bond acceptors (Lipinski definition) is 3. The SMILES string of the molecule is CCC1(CC)CN=C(Nc2cc(F)c(C)cc2F)SC1. The molecule has 2 rings (SSSR count).